The molecule has 5 rings (SSSR count). The molecule has 0 spiro atoms. The fourth-order valence-corrected chi connectivity index (χ4v) is 6.75. The van der Waals surface area contributed by atoms with E-state index in [0.717, 1.165) is 21.9 Å². The van der Waals surface area contributed by atoms with Crippen molar-refractivity contribution in [2.75, 3.05) is 6.54 Å². The van der Waals surface area contributed by atoms with Crippen LogP contribution in [0.1, 0.15) is 55.3 Å². The van der Waals surface area contributed by atoms with Gasteiger partial charge in [-0.2, -0.15) is 0 Å². The summed E-state index contributed by atoms with van der Waals surface area (Å²) in [5, 5.41) is 26.7. The summed E-state index contributed by atoms with van der Waals surface area (Å²) < 4.78 is 5.46. The highest BCUT2D eigenvalue weighted by Crippen LogP contribution is 2.27. The SMILES string of the molecule is CC(C)C[C@H](NC(=O)[C@H](Cc1cccc2ccccc12)NC(=O)OCc1ccccc1)C(=O)N[C@@H](C[C@@H]1CCNC1=O)C(O)c1nccs1. The van der Waals surface area contributed by atoms with Crippen molar-refractivity contribution in [3.8, 4) is 0 Å². The predicted octanol–water partition coefficient (Wildman–Crippen LogP) is 4.41. The van der Waals surface area contributed by atoms with Gasteiger partial charge in [-0.15, -0.1) is 11.3 Å². The number of aromatic nitrogens is 1. The summed E-state index contributed by atoms with van der Waals surface area (Å²) in [4.78, 5) is 57.7. The van der Waals surface area contributed by atoms with Gasteiger partial charge in [0.25, 0.3) is 0 Å². The molecule has 5 N–H and O–H groups in total. The maximum atomic E-state index is 14.0. The first kappa shape index (κ1) is 35.5. The number of aliphatic hydroxyl groups excluding tert-OH is 1. The number of hydrogen-bond donors (Lipinski definition) is 5. The van der Waals surface area contributed by atoms with Gasteiger partial charge in [-0.25, -0.2) is 9.78 Å². The van der Waals surface area contributed by atoms with Crippen molar-refractivity contribution < 1.29 is 29.0 Å². The Morgan fingerprint density at radius 1 is 0.959 bits per heavy atom. The largest absolute Gasteiger partial charge is 0.445 e. The summed E-state index contributed by atoms with van der Waals surface area (Å²) in [6.07, 6.45) is 0.888. The number of alkyl carbamates (subject to hydrolysis) is 1. The second kappa shape index (κ2) is 17.0. The number of nitrogens with zero attached hydrogens (tertiary/aromatic N) is 1. The van der Waals surface area contributed by atoms with E-state index >= 15 is 0 Å². The third-order valence-electron chi connectivity index (χ3n) is 8.58. The molecule has 1 unspecified atom stereocenters. The number of aliphatic hydroxyl groups is 1. The number of thiazole rings is 1. The molecule has 0 saturated carbocycles. The van der Waals surface area contributed by atoms with Gasteiger partial charge in [-0.05, 0) is 47.1 Å². The van der Waals surface area contributed by atoms with Gasteiger partial charge < -0.3 is 31.1 Å². The molecule has 0 radical (unpaired) electrons. The van der Waals surface area contributed by atoms with Gasteiger partial charge in [-0.1, -0.05) is 86.6 Å². The number of benzene rings is 3. The maximum absolute atomic E-state index is 14.0. The average molecular weight is 686 g/mol. The van der Waals surface area contributed by atoms with E-state index in [1.165, 1.54) is 11.3 Å². The van der Waals surface area contributed by atoms with Crippen LogP contribution in [0, 0.1) is 11.8 Å². The summed E-state index contributed by atoms with van der Waals surface area (Å²) in [5.74, 6) is -1.55. The Balaban J connectivity index is 1.35. The highest BCUT2D eigenvalue weighted by atomic mass is 32.1. The molecule has 1 saturated heterocycles. The van der Waals surface area contributed by atoms with Crippen LogP contribution in [0.3, 0.4) is 0 Å². The third kappa shape index (κ3) is 9.86. The molecule has 11 nitrogen and oxygen atoms in total. The van der Waals surface area contributed by atoms with Crippen LogP contribution in [-0.2, 0) is 32.1 Å². The van der Waals surface area contributed by atoms with E-state index in [9.17, 15) is 24.3 Å². The molecule has 4 amide bonds. The first-order valence-electron chi connectivity index (χ1n) is 16.6. The molecule has 12 heteroatoms. The van der Waals surface area contributed by atoms with Crippen molar-refractivity contribution in [1.82, 2.24) is 26.3 Å². The maximum Gasteiger partial charge on any atom is 0.408 e. The zero-order valence-electron chi connectivity index (χ0n) is 27.6. The minimum atomic E-state index is -1.15. The van der Waals surface area contributed by atoms with E-state index in [4.69, 9.17) is 4.74 Å². The van der Waals surface area contributed by atoms with Crippen molar-refractivity contribution in [3.63, 3.8) is 0 Å². The summed E-state index contributed by atoms with van der Waals surface area (Å²) in [5.41, 5.74) is 1.64. The van der Waals surface area contributed by atoms with E-state index < -0.39 is 42.1 Å². The molecule has 0 aliphatic carbocycles. The predicted molar refractivity (Wildman–Crippen MR) is 187 cm³/mol. The van der Waals surface area contributed by atoms with Crippen LogP contribution in [-0.4, -0.2) is 58.6 Å². The fraction of sp³-hybridized carbons (Fsp3) is 0.378. The number of nitrogens with one attached hydrogen (secondary N) is 4. The number of carbonyl (C=O) groups is 4. The number of rotatable bonds is 15. The van der Waals surface area contributed by atoms with Crippen LogP contribution < -0.4 is 21.3 Å². The molecule has 1 aliphatic heterocycles. The van der Waals surface area contributed by atoms with Crippen molar-refractivity contribution in [2.45, 2.75) is 70.4 Å². The molecular formula is C37H43N5O6S. The summed E-state index contributed by atoms with van der Waals surface area (Å²) >= 11 is 1.25. The summed E-state index contributed by atoms with van der Waals surface area (Å²) in [7, 11) is 0. The van der Waals surface area contributed by atoms with Gasteiger partial charge >= 0.3 is 6.09 Å². The minimum absolute atomic E-state index is 0.0132. The Morgan fingerprint density at radius 3 is 2.41 bits per heavy atom. The van der Waals surface area contributed by atoms with Crippen LogP contribution in [0.15, 0.2) is 84.4 Å². The molecule has 0 bridgehead atoms. The van der Waals surface area contributed by atoms with E-state index in [1.54, 1.807) is 11.6 Å². The Morgan fingerprint density at radius 2 is 1.69 bits per heavy atom. The molecule has 5 atom stereocenters. The van der Waals surface area contributed by atoms with E-state index in [-0.39, 0.29) is 37.2 Å². The minimum Gasteiger partial charge on any atom is -0.445 e. The molecule has 1 aliphatic rings. The Labute approximate surface area is 289 Å². The van der Waals surface area contributed by atoms with Crippen LogP contribution in [0.5, 0.6) is 0 Å². The lowest BCUT2D eigenvalue weighted by atomic mass is 9.94. The Hall–Kier alpha value is -4.81. The second-order valence-electron chi connectivity index (χ2n) is 12.7. The van der Waals surface area contributed by atoms with E-state index in [1.807, 2.05) is 86.6 Å². The zero-order valence-corrected chi connectivity index (χ0v) is 28.5. The molecule has 258 valence electrons. The number of ether oxygens (including phenoxy) is 1. The molecule has 4 aromatic rings. The first-order chi connectivity index (χ1) is 23.7. The lowest BCUT2D eigenvalue weighted by Crippen LogP contribution is -2.56. The summed E-state index contributed by atoms with van der Waals surface area (Å²) in [6, 6.07) is 19.9. The number of fused-ring (bicyclic) bond motifs is 1. The van der Waals surface area contributed by atoms with Crippen LogP contribution >= 0.6 is 11.3 Å². The zero-order chi connectivity index (χ0) is 34.8. The van der Waals surface area contributed by atoms with Gasteiger partial charge in [-0.3, -0.25) is 14.4 Å². The molecule has 49 heavy (non-hydrogen) atoms. The van der Waals surface area contributed by atoms with Crippen LogP contribution in [0.4, 0.5) is 4.79 Å². The first-order valence-corrected chi connectivity index (χ1v) is 17.5. The monoisotopic (exact) mass is 685 g/mol. The van der Waals surface area contributed by atoms with Gasteiger partial charge in [0.1, 0.15) is 29.8 Å². The summed E-state index contributed by atoms with van der Waals surface area (Å²) in [6.45, 7) is 4.42. The lowest BCUT2D eigenvalue weighted by molar-refractivity contribution is -0.131. The van der Waals surface area contributed by atoms with Crippen molar-refractivity contribution >= 4 is 45.9 Å². The van der Waals surface area contributed by atoms with Crippen molar-refractivity contribution in [3.05, 3.63) is 101 Å². The highest BCUT2D eigenvalue weighted by molar-refractivity contribution is 7.09. The van der Waals surface area contributed by atoms with Crippen molar-refractivity contribution in [1.29, 1.82) is 0 Å². The van der Waals surface area contributed by atoms with Gasteiger partial charge in [0.05, 0.1) is 6.04 Å². The van der Waals surface area contributed by atoms with Crippen LogP contribution in [0.2, 0.25) is 0 Å². The van der Waals surface area contributed by atoms with E-state index in [2.05, 4.69) is 26.3 Å². The van der Waals surface area contributed by atoms with E-state index in [0.29, 0.717) is 24.4 Å². The number of amides is 4. The highest BCUT2D eigenvalue weighted by Gasteiger charge is 2.35. The third-order valence-corrected chi connectivity index (χ3v) is 9.43. The Kier molecular flexibility index (Phi) is 12.3. The normalized spacial score (nSPS) is 16.7. The van der Waals surface area contributed by atoms with Gasteiger partial charge in [0.2, 0.25) is 17.7 Å². The smallest absolute Gasteiger partial charge is 0.408 e. The Bertz CT molecular complexity index is 1710. The quantitative estimate of drug-likeness (QED) is 0.124. The van der Waals surface area contributed by atoms with Crippen molar-refractivity contribution in [2.24, 2.45) is 11.8 Å². The standard InChI is InChI=1S/C37H43N5O6S/c1-23(2)19-30(34(45)40-29(21-27-15-16-38-33(27)44)32(43)36-39-17-18-49-36)41-35(46)31(42-37(47)48-22-24-9-4-3-5-10-24)20-26-13-8-12-25-11-6-7-14-28(25)26/h3-14,17-18,23,27,29-32,43H,15-16,19-22H2,1-2H3,(H,38,44)(H,40,45)(H,41,46)(H,42,47)/t27-,29-,30-,31-,32?/m0/s1. The number of carbonyl (C=O) groups excluding carboxylic acids is 4. The van der Waals surface area contributed by atoms with Gasteiger partial charge in [0.15, 0.2) is 0 Å². The molecule has 3 aromatic carbocycles. The van der Waals surface area contributed by atoms with Gasteiger partial charge in [0, 0.05) is 30.5 Å². The number of hydrogen-bond acceptors (Lipinski definition) is 8. The molecule has 1 fully saturated rings. The topological polar surface area (TPSA) is 159 Å². The second-order valence-corrected chi connectivity index (χ2v) is 13.7. The fourth-order valence-electron chi connectivity index (χ4n) is 6.06. The molecule has 2 heterocycles. The van der Waals surface area contributed by atoms with Crippen LogP contribution in [0.25, 0.3) is 10.8 Å². The average Bonchev–Trinajstić information content (AvgIpc) is 3.79. The molecule has 1 aromatic heterocycles. The molecular weight excluding hydrogens is 643 g/mol. The lowest BCUT2D eigenvalue weighted by Gasteiger charge is -2.29.